The van der Waals surface area contributed by atoms with Gasteiger partial charge in [0.2, 0.25) is 0 Å². The van der Waals surface area contributed by atoms with Crippen molar-refractivity contribution in [2.75, 3.05) is 19.8 Å². The topological polar surface area (TPSA) is 65.1 Å². The Labute approximate surface area is 262 Å². The van der Waals surface area contributed by atoms with E-state index < -0.39 is 5.82 Å². The maximum absolute atomic E-state index is 14.2. The number of hydrogen-bond donors (Lipinski definition) is 0. The van der Waals surface area contributed by atoms with Gasteiger partial charge < -0.3 is 14.2 Å². The molecule has 3 aromatic rings. The third-order valence-corrected chi connectivity index (χ3v) is 8.35. The molecule has 2 amide bonds. The van der Waals surface area contributed by atoms with Crippen molar-refractivity contribution in [1.29, 1.82) is 0 Å². The zero-order valence-corrected chi connectivity index (χ0v) is 26.9. The summed E-state index contributed by atoms with van der Waals surface area (Å²) in [6.07, 6.45) is 1.66. The standard InChI is InChI=1S/C31H30ClFINO5S/c1-5-38-27-15-20(14-25(34)29(27)40-17-22-23(32)7-6-8-24(22)33)16-28-30(36)35(31(37)41-28)11-12-39-26-13-19(4)9-10-21(26)18(2)3/h6-10,13-16,18H,5,11-12,17H2,1-4H3/b28-16-. The third kappa shape index (κ3) is 7.55. The van der Waals surface area contributed by atoms with E-state index >= 15 is 0 Å². The maximum atomic E-state index is 14.2. The smallest absolute Gasteiger partial charge is 0.293 e. The molecule has 0 aliphatic carbocycles. The van der Waals surface area contributed by atoms with Crippen LogP contribution in [-0.4, -0.2) is 35.8 Å². The van der Waals surface area contributed by atoms with Gasteiger partial charge in [0.25, 0.3) is 11.1 Å². The van der Waals surface area contributed by atoms with Crippen molar-refractivity contribution in [2.45, 2.75) is 40.2 Å². The molecule has 41 heavy (non-hydrogen) atoms. The fraction of sp³-hybridized carbons (Fsp3) is 0.290. The zero-order chi connectivity index (χ0) is 29.7. The molecule has 0 bridgehead atoms. The van der Waals surface area contributed by atoms with Gasteiger partial charge in [-0.1, -0.05) is 43.6 Å². The van der Waals surface area contributed by atoms with Gasteiger partial charge in [-0.15, -0.1) is 0 Å². The average Bonchev–Trinajstić information content (AvgIpc) is 3.17. The van der Waals surface area contributed by atoms with Crippen LogP contribution in [0.25, 0.3) is 6.08 Å². The largest absolute Gasteiger partial charge is 0.491 e. The summed E-state index contributed by atoms with van der Waals surface area (Å²) in [5.74, 6) is 1.09. The lowest BCUT2D eigenvalue weighted by molar-refractivity contribution is -0.123. The summed E-state index contributed by atoms with van der Waals surface area (Å²) >= 11 is 9.13. The number of benzene rings is 3. The number of hydrogen-bond acceptors (Lipinski definition) is 6. The number of nitrogens with zero attached hydrogens (tertiary/aromatic N) is 1. The van der Waals surface area contributed by atoms with Crippen molar-refractivity contribution in [2.24, 2.45) is 0 Å². The van der Waals surface area contributed by atoms with Gasteiger partial charge in [0, 0.05) is 5.56 Å². The van der Waals surface area contributed by atoms with Crippen molar-refractivity contribution in [3.8, 4) is 17.2 Å². The quantitative estimate of drug-likeness (QED) is 0.147. The van der Waals surface area contributed by atoms with Gasteiger partial charge >= 0.3 is 0 Å². The predicted octanol–water partition coefficient (Wildman–Crippen LogP) is 8.61. The van der Waals surface area contributed by atoms with Crippen LogP contribution in [0.2, 0.25) is 5.02 Å². The minimum Gasteiger partial charge on any atom is -0.491 e. The zero-order valence-electron chi connectivity index (χ0n) is 23.1. The van der Waals surface area contributed by atoms with Crippen LogP contribution in [0.4, 0.5) is 9.18 Å². The van der Waals surface area contributed by atoms with Crippen molar-refractivity contribution in [3.63, 3.8) is 0 Å². The van der Waals surface area contributed by atoms with Gasteiger partial charge in [-0.3, -0.25) is 14.5 Å². The van der Waals surface area contributed by atoms with E-state index in [1.807, 2.05) is 38.1 Å². The second kappa shape index (κ2) is 13.9. The van der Waals surface area contributed by atoms with Crippen LogP contribution in [-0.2, 0) is 11.4 Å². The van der Waals surface area contributed by atoms with E-state index in [1.165, 1.54) is 17.0 Å². The molecule has 0 saturated carbocycles. The SMILES string of the molecule is CCOc1cc(/C=C2\SC(=O)N(CCOc3cc(C)ccc3C(C)C)C2=O)cc(I)c1OCc1c(F)cccc1Cl. The molecule has 1 heterocycles. The molecule has 0 aromatic heterocycles. The fourth-order valence-corrected chi connectivity index (χ4v) is 6.09. The second-order valence-electron chi connectivity index (χ2n) is 9.63. The Kier molecular flexibility index (Phi) is 10.6. The van der Waals surface area contributed by atoms with Crippen LogP contribution in [0.5, 0.6) is 17.2 Å². The molecular weight excluding hydrogens is 680 g/mol. The average molecular weight is 710 g/mol. The Morgan fingerprint density at radius 1 is 1.07 bits per heavy atom. The normalized spacial score (nSPS) is 14.3. The molecule has 4 rings (SSSR count). The second-order valence-corrected chi connectivity index (χ2v) is 12.2. The van der Waals surface area contributed by atoms with E-state index in [-0.39, 0.29) is 47.4 Å². The lowest BCUT2D eigenvalue weighted by atomic mass is 10.0. The highest BCUT2D eigenvalue weighted by molar-refractivity contribution is 14.1. The highest BCUT2D eigenvalue weighted by atomic mass is 127. The van der Waals surface area contributed by atoms with E-state index in [0.717, 1.165) is 28.6 Å². The Morgan fingerprint density at radius 3 is 2.56 bits per heavy atom. The van der Waals surface area contributed by atoms with E-state index in [4.69, 9.17) is 25.8 Å². The van der Waals surface area contributed by atoms with Crippen LogP contribution in [0.3, 0.4) is 0 Å². The minimum absolute atomic E-state index is 0.0803. The van der Waals surface area contributed by atoms with Crippen LogP contribution >= 0.6 is 46.0 Å². The molecule has 0 spiro atoms. The summed E-state index contributed by atoms with van der Waals surface area (Å²) in [5, 5.41) is -0.0745. The summed E-state index contributed by atoms with van der Waals surface area (Å²) in [6.45, 7) is 8.64. The van der Waals surface area contributed by atoms with E-state index in [0.29, 0.717) is 32.1 Å². The third-order valence-electron chi connectivity index (χ3n) is 6.29. The lowest BCUT2D eigenvalue weighted by Crippen LogP contribution is -2.32. The lowest BCUT2D eigenvalue weighted by Gasteiger charge is -2.17. The molecule has 0 radical (unpaired) electrons. The molecule has 216 valence electrons. The molecule has 3 aromatic carbocycles. The number of halogens is 3. The van der Waals surface area contributed by atoms with Gasteiger partial charge in [-0.2, -0.15) is 0 Å². The van der Waals surface area contributed by atoms with Crippen LogP contribution in [0.1, 0.15) is 48.9 Å². The molecule has 1 saturated heterocycles. The molecule has 6 nitrogen and oxygen atoms in total. The van der Waals surface area contributed by atoms with Crippen molar-refractivity contribution in [1.82, 2.24) is 4.90 Å². The highest BCUT2D eigenvalue weighted by Crippen LogP contribution is 2.38. The summed E-state index contributed by atoms with van der Waals surface area (Å²) < 4.78 is 32.7. The number of carbonyl (C=O) groups is 2. The monoisotopic (exact) mass is 709 g/mol. The molecule has 1 fully saturated rings. The first kappa shape index (κ1) is 31.2. The maximum Gasteiger partial charge on any atom is 0.293 e. The molecule has 10 heteroatoms. The van der Waals surface area contributed by atoms with Crippen LogP contribution in [0.15, 0.2) is 53.4 Å². The summed E-state index contributed by atoms with van der Waals surface area (Å²) in [4.78, 5) is 27.3. The van der Waals surface area contributed by atoms with Crippen molar-refractivity contribution in [3.05, 3.63) is 90.1 Å². The number of thioether (sulfide) groups is 1. The summed E-state index contributed by atoms with van der Waals surface area (Å²) in [5.41, 5.74) is 3.06. The number of carbonyl (C=O) groups excluding carboxylic acids is 2. The Bertz CT molecular complexity index is 1480. The minimum atomic E-state index is -0.456. The predicted molar refractivity (Wildman–Crippen MR) is 170 cm³/mol. The molecule has 0 N–H and O–H groups in total. The number of amides is 2. The molecule has 1 aliphatic heterocycles. The van der Waals surface area contributed by atoms with Crippen LogP contribution in [0, 0.1) is 16.3 Å². The highest BCUT2D eigenvalue weighted by Gasteiger charge is 2.35. The molecular formula is C31H30ClFINO5S. The van der Waals surface area contributed by atoms with Crippen molar-refractivity contribution >= 4 is 63.2 Å². The van der Waals surface area contributed by atoms with Crippen molar-refractivity contribution < 1.29 is 28.2 Å². The number of imide groups is 1. The Hall–Kier alpha value is -2.76. The Balaban J connectivity index is 1.48. The van der Waals surface area contributed by atoms with Gasteiger partial charge in [0.1, 0.15) is 24.8 Å². The number of rotatable bonds is 11. The van der Waals surface area contributed by atoms with E-state index in [9.17, 15) is 14.0 Å². The van der Waals surface area contributed by atoms with E-state index in [2.05, 4.69) is 36.4 Å². The van der Waals surface area contributed by atoms with Gasteiger partial charge in [-0.25, -0.2) is 4.39 Å². The first-order valence-corrected chi connectivity index (χ1v) is 15.4. The van der Waals surface area contributed by atoms with Gasteiger partial charge in [-0.05, 0) is 107 Å². The van der Waals surface area contributed by atoms with Gasteiger partial charge in [0.15, 0.2) is 11.5 Å². The molecule has 0 unspecified atom stereocenters. The first-order chi connectivity index (χ1) is 19.6. The molecule has 1 aliphatic rings. The van der Waals surface area contributed by atoms with Crippen LogP contribution < -0.4 is 14.2 Å². The van der Waals surface area contributed by atoms with Gasteiger partial charge in [0.05, 0.1) is 26.6 Å². The fourth-order valence-electron chi connectivity index (χ4n) is 4.22. The summed E-state index contributed by atoms with van der Waals surface area (Å²) in [6, 6.07) is 14.1. The summed E-state index contributed by atoms with van der Waals surface area (Å²) in [7, 11) is 0. The Morgan fingerprint density at radius 2 is 1.85 bits per heavy atom. The number of aryl methyl sites for hydroxylation is 1. The van der Waals surface area contributed by atoms with E-state index in [1.54, 1.807) is 18.2 Å². The molecule has 0 atom stereocenters. The first-order valence-electron chi connectivity index (χ1n) is 13.1. The number of ether oxygens (including phenoxy) is 3.